The monoisotopic (exact) mass is 417 g/mol. The molecule has 0 radical (unpaired) electrons. The molecule has 0 unspecified atom stereocenters. The number of fused-ring (bicyclic) bond motifs is 1. The van der Waals surface area contributed by atoms with Crippen molar-refractivity contribution < 1.29 is 14.7 Å². The van der Waals surface area contributed by atoms with Gasteiger partial charge in [0.15, 0.2) is 0 Å². The van der Waals surface area contributed by atoms with Crippen LogP contribution >= 0.6 is 0 Å². The first kappa shape index (κ1) is 21.0. The summed E-state index contributed by atoms with van der Waals surface area (Å²) in [6.45, 7) is 3.02. The topological polar surface area (TPSA) is 72.9 Å². The lowest BCUT2D eigenvalue weighted by molar-refractivity contribution is -0.159. The van der Waals surface area contributed by atoms with Crippen molar-refractivity contribution in [3.8, 4) is 11.8 Å². The summed E-state index contributed by atoms with van der Waals surface area (Å²) in [4.78, 5) is 28.4. The number of nitrogens with one attached hydrogen (secondary N) is 1. The van der Waals surface area contributed by atoms with E-state index >= 15 is 0 Å². The molecule has 4 rings (SSSR count). The Kier molecular flexibility index (Phi) is 6.24. The van der Waals surface area contributed by atoms with E-state index in [4.69, 9.17) is 0 Å². The molecule has 0 aliphatic carbocycles. The van der Waals surface area contributed by atoms with E-state index in [1.807, 2.05) is 61.5 Å². The van der Waals surface area contributed by atoms with Gasteiger partial charge in [0.25, 0.3) is 0 Å². The number of nitrogens with zero attached hydrogens (tertiary/aromatic N) is 2. The summed E-state index contributed by atoms with van der Waals surface area (Å²) in [5, 5.41) is 12.8. The highest BCUT2D eigenvalue weighted by atomic mass is 16.3. The number of aliphatic hydroxyl groups excluding tert-OH is 1. The summed E-state index contributed by atoms with van der Waals surface area (Å²) in [6, 6.07) is 17.2. The van der Waals surface area contributed by atoms with Gasteiger partial charge in [-0.1, -0.05) is 49.1 Å². The van der Waals surface area contributed by atoms with E-state index in [0.717, 1.165) is 23.1 Å². The fraction of sp³-hybridized carbons (Fsp3) is 0.360. The number of carbonyl (C=O) groups excluding carboxylic acids is 2. The molecule has 0 aromatic heterocycles. The third kappa shape index (κ3) is 4.28. The van der Waals surface area contributed by atoms with Crippen LogP contribution in [0, 0.1) is 11.8 Å². The van der Waals surface area contributed by atoms with Crippen LogP contribution in [0.4, 0.5) is 4.79 Å². The Morgan fingerprint density at radius 2 is 1.77 bits per heavy atom. The Bertz CT molecular complexity index is 994. The molecule has 3 atom stereocenters. The normalized spacial score (nSPS) is 22.1. The first-order valence-electron chi connectivity index (χ1n) is 10.7. The maximum Gasteiger partial charge on any atom is 0.317 e. The van der Waals surface area contributed by atoms with E-state index in [0.29, 0.717) is 13.1 Å². The highest BCUT2D eigenvalue weighted by Crippen LogP contribution is 2.42. The molecular weight excluding hydrogens is 390 g/mol. The smallest absolute Gasteiger partial charge is 0.317 e. The molecule has 2 fully saturated rings. The number of aliphatic hydroxyl groups is 1. The minimum Gasteiger partial charge on any atom is -0.394 e. The van der Waals surface area contributed by atoms with Crippen LogP contribution in [-0.4, -0.2) is 65.2 Å². The van der Waals surface area contributed by atoms with Gasteiger partial charge in [0, 0.05) is 30.1 Å². The summed E-state index contributed by atoms with van der Waals surface area (Å²) >= 11 is 0. The molecule has 2 aliphatic rings. The average Bonchev–Trinajstić information content (AvgIpc) is 2.79. The maximum atomic E-state index is 12.6. The van der Waals surface area contributed by atoms with Crippen molar-refractivity contribution in [1.29, 1.82) is 0 Å². The first-order chi connectivity index (χ1) is 15.1. The molecule has 2 aromatic carbocycles. The summed E-state index contributed by atoms with van der Waals surface area (Å²) < 4.78 is 0. The van der Waals surface area contributed by atoms with E-state index in [9.17, 15) is 14.7 Å². The van der Waals surface area contributed by atoms with Crippen molar-refractivity contribution in [3.63, 3.8) is 0 Å². The van der Waals surface area contributed by atoms with Gasteiger partial charge in [-0.3, -0.25) is 4.79 Å². The van der Waals surface area contributed by atoms with Gasteiger partial charge in [-0.25, -0.2) is 4.79 Å². The lowest BCUT2D eigenvalue weighted by Gasteiger charge is -2.58. The van der Waals surface area contributed by atoms with Crippen LogP contribution in [0.3, 0.4) is 0 Å². The molecular formula is C25H27N3O3. The number of carbonyl (C=O) groups is 2. The highest BCUT2D eigenvalue weighted by Gasteiger charge is 2.54. The van der Waals surface area contributed by atoms with E-state index in [1.54, 1.807) is 9.80 Å². The summed E-state index contributed by atoms with van der Waals surface area (Å²) in [6.07, 6.45) is 0.845. The standard InChI is InChI=1S/C25H27N3O3/c1-2-14-26-25(31)27-15-21-24(22(17-29)28(21)23(30)16-27)20-12-10-19(11-13-20)9-8-18-6-4-3-5-7-18/h3-7,10-13,21-22,24,29H,2,14-17H2,1H3,(H,26,31)/t21-,22-,24+/m0/s1. The van der Waals surface area contributed by atoms with Crippen molar-refractivity contribution in [2.24, 2.45) is 0 Å². The number of hydrogen-bond acceptors (Lipinski definition) is 3. The predicted octanol–water partition coefficient (Wildman–Crippen LogP) is 2.18. The van der Waals surface area contributed by atoms with Gasteiger partial charge in [-0.15, -0.1) is 0 Å². The minimum absolute atomic E-state index is 0.00754. The second-order valence-corrected chi connectivity index (χ2v) is 7.99. The Morgan fingerprint density at radius 1 is 1.10 bits per heavy atom. The molecule has 2 aliphatic heterocycles. The fourth-order valence-corrected chi connectivity index (χ4v) is 4.45. The van der Waals surface area contributed by atoms with E-state index < -0.39 is 0 Å². The Morgan fingerprint density at radius 3 is 2.42 bits per heavy atom. The minimum atomic E-state index is -0.250. The second kappa shape index (κ2) is 9.23. The molecule has 6 nitrogen and oxygen atoms in total. The van der Waals surface area contributed by atoms with Crippen LogP contribution in [0.1, 0.15) is 36.0 Å². The number of hydrogen-bond donors (Lipinski definition) is 2. The summed E-state index contributed by atoms with van der Waals surface area (Å²) in [5.41, 5.74) is 2.92. The van der Waals surface area contributed by atoms with Crippen molar-refractivity contribution in [3.05, 3.63) is 71.3 Å². The molecule has 160 valence electrons. The van der Waals surface area contributed by atoms with Gasteiger partial charge < -0.3 is 20.2 Å². The largest absolute Gasteiger partial charge is 0.394 e. The molecule has 2 N–H and O–H groups in total. The number of piperazine rings is 1. The molecule has 3 amide bonds. The van der Waals surface area contributed by atoms with Crippen molar-refractivity contribution in [2.75, 3.05) is 26.2 Å². The fourth-order valence-electron chi connectivity index (χ4n) is 4.45. The molecule has 31 heavy (non-hydrogen) atoms. The lowest BCUT2D eigenvalue weighted by Crippen LogP contribution is -2.73. The van der Waals surface area contributed by atoms with E-state index in [-0.39, 0.29) is 43.1 Å². The molecule has 0 spiro atoms. The van der Waals surface area contributed by atoms with Gasteiger partial charge in [-0.2, -0.15) is 0 Å². The van der Waals surface area contributed by atoms with Crippen LogP contribution in [0.25, 0.3) is 0 Å². The average molecular weight is 418 g/mol. The zero-order valence-electron chi connectivity index (χ0n) is 17.6. The number of urea groups is 1. The van der Waals surface area contributed by atoms with Crippen molar-refractivity contribution in [2.45, 2.75) is 31.3 Å². The zero-order valence-corrected chi connectivity index (χ0v) is 17.6. The van der Waals surface area contributed by atoms with Crippen LogP contribution in [-0.2, 0) is 4.79 Å². The van der Waals surface area contributed by atoms with Gasteiger partial charge in [0.1, 0.15) is 6.54 Å². The predicted molar refractivity (Wildman–Crippen MR) is 118 cm³/mol. The number of amides is 3. The van der Waals surface area contributed by atoms with Crippen molar-refractivity contribution >= 4 is 11.9 Å². The second-order valence-electron chi connectivity index (χ2n) is 7.99. The SMILES string of the molecule is CCCNC(=O)N1CC(=O)N2[C@@H](CO)[C@H](c3ccc(C#Cc4ccccc4)cc3)[C@@H]2C1. The van der Waals surface area contributed by atoms with Crippen LogP contribution in [0.15, 0.2) is 54.6 Å². The van der Waals surface area contributed by atoms with E-state index in [1.165, 1.54) is 0 Å². The number of rotatable bonds is 4. The molecule has 2 aromatic rings. The van der Waals surface area contributed by atoms with Crippen LogP contribution in [0.5, 0.6) is 0 Å². The van der Waals surface area contributed by atoms with Crippen LogP contribution in [0.2, 0.25) is 0 Å². The van der Waals surface area contributed by atoms with Gasteiger partial charge >= 0.3 is 6.03 Å². The third-order valence-electron chi connectivity index (χ3n) is 5.99. The molecule has 0 bridgehead atoms. The lowest BCUT2D eigenvalue weighted by atomic mass is 9.73. The highest BCUT2D eigenvalue weighted by molar-refractivity contribution is 5.87. The van der Waals surface area contributed by atoms with Gasteiger partial charge in [0.05, 0.1) is 18.7 Å². The number of benzene rings is 2. The summed E-state index contributed by atoms with van der Waals surface area (Å²) in [5.74, 6) is 6.20. The van der Waals surface area contributed by atoms with Crippen LogP contribution < -0.4 is 5.32 Å². The maximum absolute atomic E-state index is 12.6. The molecule has 6 heteroatoms. The molecule has 2 heterocycles. The Labute approximate surface area is 182 Å². The Balaban J connectivity index is 1.49. The summed E-state index contributed by atoms with van der Waals surface area (Å²) in [7, 11) is 0. The Hall–Kier alpha value is -3.30. The molecule has 0 saturated carbocycles. The zero-order chi connectivity index (χ0) is 21.8. The van der Waals surface area contributed by atoms with Crippen molar-refractivity contribution in [1.82, 2.24) is 15.1 Å². The quantitative estimate of drug-likeness (QED) is 0.749. The van der Waals surface area contributed by atoms with Gasteiger partial charge in [-0.05, 0) is 36.2 Å². The van der Waals surface area contributed by atoms with E-state index in [2.05, 4.69) is 17.2 Å². The first-order valence-corrected chi connectivity index (χ1v) is 10.7. The van der Waals surface area contributed by atoms with Gasteiger partial charge in [0.2, 0.25) is 5.91 Å². The third-order valence-corrected chi connectivity index (χ3v) is 5.99. The molecule has 2 saturated heterocycles.